The van der Waals surface area contributed by atoms with Gasteiger partial charge < -0.3 is 10.2 Å². The molecule has 1 aliphatic rings. The first-order valence-electron chi connectivity index (χ1n) is 9.90. The molecule has 1 aromatic heterocycles. The van der Waals surface area contributed by atoms with Crippen LogP contribution < -0.4 is 10.2 Å². The lowest BCUT2D eigenvalue weighted by atomic mass is 10.1. The minimum Gasteiger partial charge on any atom is -0.325 e. The van der Waals surface area contributed by atoms with Gasteiger partial charge in [0.25, 0.3) is 0 Å². The molecule has 1 N–H and O–H groups in total. The van der Waals surface area contributed by atoms with Crippen LogP contribution in [0.4, 0.5) is 11.4 Å². The van der Waals surface area contributed by atoms with E-state index in [0.717, 1.165) is 22.5 Å². The molecule has 154 valence electrons. The number of carbonyl (C=O) groups is 2. The van der Waals surface area contributed by atoms with Crippen molar-refractivity contribution in [1.29, 1.82) is 0 Å². The van der Waals surface area contributed by atoms with Crippen molar-refractivity contribution in [2.75, 3.05) is 16.8 Å². The van der Waals surface area contributed by atoms with E-state index in [1.54, 1.807) is 9.58 Å². The highest BCUT2D eigenvalue weighted by Crippen LogP contribution is 2.28. The van der Waals surface area contributed by atoms with Crippen molar-refractivity contribution in [1.82, 2.24) is 20.2 Å². The average molecular weight is 404 g/mol. The first-order chi connectivity index (χ1) is 14.3. The monoisotopic (exact) mass is 404 g/mol. The molecule has 1 fully saturated rings. The van der Waals surface area contributed by atoms with Crippen molar-refractivity contribution in [3.63, 3.8) is 0 Å². The summed E-state index contributed by atoms with van der Waals surface area (Å²) in [4.78, 5) is 27.5. The number of hydrogen-bond donors (Lipinski definition) is 1. The summed E-state index contributed by atoms with van der Waals surface area (Å²) in [5, 5.41) is 14.5. The molecule has 0 saturated carbocycles. The van der Waals surface area contributed by atoms with Gasteiger partial charge in [-0.3, -0.25) is 9.59 Å². The standard InChI is InChI=1S/C22H24N6O2/c1-13-6-8-18(11-15(13)3)27-10-9-19(22(27)30)21(29)23-17-7-5-14(2)20(12-17)28-16(4)24-25-26-28/h5-8,11-12,19H,9-10H2,1-4H3,(H,23,29). The molecular weight excluding hydrogens is 380 g/mol. The molecular formula is C22H24N6O2. The molecule has 4 rings (SSSR count). The van der Waals surface area contributed by atoms with Gasteiger partial charge >= 0.3 is 0 Å². The Labute approximate surface area is 174 Å². The summed E-state index contributed by atoms with van der Waals surface area (Å²) in [6, 6.07) is 11.5. The second-order valence-corrected chi connectivity index (χ2v) is 7.73. The average Bonchev–Trinajstić information content (AvgIpc) is 3.31. The van der Waals surface area contributed by atoms with E-state index >= 15 is 0 Å². The predicted octanol–water partition coefficient (Wildman–Crippen LogP) is 2.89. The fourth-order valence-electron chi connectivity index (χ4n) is 3.67. The Morgan fingerprint density at radius 2 is 1.80 bits per heavy atom. The van der Waals surface area contributed by atoms with E-state index < -0.39 is 5.92 Å². The fraction of sp³-hybridized carbons (Fsp3) is 0.318. The molecule has 3 aromatic rings. The van der Waals surface area contributed by atoms with Gasteiger partial charge in [0.05, 0.1) is 5.69 Å². The lowest BCUT2D eigenvalue weighted by molar-refractivity contribution is -0.129. The fourth-order valence-corrected chi connectivity index (χ4v) is 3.67. The van der Waals surface area contributed by atoms with Crippen LogP contribution in [0.5, 0.6) is 0 Å². The molecule has 8 heteroatoms. The van der Waals surface area contributed by atoms with Gasteiger partial charge in [0, 0.05) is 17.9 Å². The quantitative estimate of drug-likeness (QED) is 0.675. The van der Waals surface area contributed by atoms with E-state index in [-0.39, 0.29) is 11.8 Å². The van der Waals surface area contributed by atoms with Crippen LogP contribution in [-0.4, -0.2) is 38.6 Å². The van der Waals surface area contributed by atoms with Gasteiger partial charge in [-0.2, -0.15) is 4.68 Å². The van der Waals surface area contributed by atoms with E-state index in [1.807, 2.05) is 64.1 Å². The van der Waals surface area contributed by atoms with Gasteiger partial charge in [0.1, 0.15) is 5.92 Å². The molecule has 0 bridgehead atoms. The Balaban J connectivity index is 1.51. The Bertz CT molecular complexity index is 1140. The van der Waals surface area contributed by atoms with Crippen LogP contribution in [0, 0.1) is 33.6 Å². The number of hydrogen-bond acceptors (Lipinski definition) is 5. The lowest BCUT2D eigenvalue weighted by Gasteiger charge is -2.18. The minimum absolute atomic E-state index is 0.167. The highest BCUT2D eigenvalue weighted by atomic mass is 16.2. The van der Waals surface area contributed by atoms with Crippen LogP contribution in [0.25, 0.3) is 5.69 Å². The van der Waals surface area contributed by atoms with Crippen molar-refractivity contribution in [2.45, 2.75) is 34.1 Å². The van der Waals surface area contributed by atoms with E-state index in [2.05, 4.69) is 20.8 Å². The summed E-state index contributed by atoms with van der Waals surface area (Å²) < 4.78 is 1.62. The van der Waals surface area contributed by atoms with Gasteiger partial charge in [-0.15, -0.1) is 5.10 Å². The molecule has 0 radical (unpaired) electrons. The number of tetrazole rings is 1. The van der Waals surface area contributed by atoms with Crippen molar-refractivity contribution < 1.29 is 9.59 Å². The molecule has 1 unspecified atom stereocenters. The zero-order valence-corrected chi connectivity index (χ0v) is 17.5. The van der Waals surface area contributed by atoms with Gasteiger partial charge in [0.15, 0.2) is 5.82 Å². The number of benzene rings is 2. The number of nitrogens with zero attached hydrogens (tertiary/aromatic N) is 5. The van der Waals surface area contributed by atoms with Crippen molar-refractivity contribution in [2.24, 2.45) is 5.92 Å². The third-order valence-electron chi connectivity index (χ3n) is 5.65. The van der Waals surface area contributed by atoms with Gasteiger partial charge in [-0.05, 0) is 85.5 Å². The zero-order chi connectivity index (χ0) is 21.4. The first-order valence-corrected chi connectivity index (χ1v) is 9.90. The number of rotatable bonds is 4. The summed E-state index contributed by atoms with van der Waals surface area (Å²) in [6.45, 7) is 8.34. The number of amides is 2. The largest absolute Gasteiger partial charge is 0.325 e. The molecule has 0 aliphatic carbocycles. The smallest absolute Gasteiger partial charge is 0.239 e. The topological polar surface area (TPSA) is 93.0 Å². The molecule has 0 spiro atoms. The van der Waals surface area contributed by atoms with Crippen LogP contribution in [0.15, 0.2) is 36.4 Å². The number of carbonyl (C=O) groups excluding carboxylic acids is 2. The Morgan fingerprint density at radius 1 is 1.03 bits per heavy atom. The molecule has 1 aliphatic heterocycles. The number of aryl methyl sites for hydroxylation is 4. The zero-order valence-electron chi connectivity index (χ0n) is 17.5. The SMILES string of the molecule is Cc1ccc(N2CCC(C(=O)Nc3ccc(C)c(-n4nnnc4C)c3)C2=O)cc1C. The predicted molar refractivity (Wildman–Crippen MR) is 114 cm³/mol. The summed E-state index contributed by atoms with van der Waals surface area (Å²) in [7, 11) is 0. The summed E-state index contributed by atoms with van der Waals surface area (Å²) >= 11 is 0. The van der Waals surface area contributed by atoms with Crippen molar-refractivity contribution in [3.05, 3.63) is 58.9 Å². The third-order valence-corrected chi connectivity index (χ3v) is 5.65. The van der Waals surface area contributed by atoms with Crippen LogP contribution in [0.2, 0.25) is 0 Å². The molecule has 1 atom stereocenters. The van der Waals surface area contributed by atoms with Gasteiger partial charge in [-0.1, -0.05) is 12.1 Å². The van der Waals surface area contributed by atoms with Gasteiger partial charge in [0.2, 0.25) is 11.8 Å². The normalized spacial score (nSPS) is 16.2. The number of nitrogens with one attached hydrogen (secondary N) is 1. The van der Waals surface area contributed by atoms with Crippen LogP contribution in [0.1, 0.15) is 28.9 Å². The maximum Gasteiger partial charge on any atom is 0.239 e. The van der Waals surface area contributed by atoms with E-state index in [9.17, 15) is 9.59 Å². The van der Waals surface area contributed by atoms with Crippen molar-refractivity contribution >= 4 is 23.2 Å². The summed E-state index contributed by atoms with van der Waals surface area (Å²) in [5.41, 5.74) is 5.50. The van der Waals surface area contributed by atoms with Gasteiger partial charge in [-0.25, -0.2) is 0 Å². The first kappa shape index (κ1) is 19.8. The highest BCUT2D eigenvalue weighted by Gasteiger charge is 2.37. The van der Waals surface area contributed by atoms with E-state index in [4.69, 9.17) is 0 Å². The van der Waals surface area contributed by atoms with Crippen LogP contribution in [-0.2, 0) is 9.59 Å². The second kappa shape index (κ2) is 7.70. The molecule has 2 aromatic carbocycles. The molecule has 8 nitrogen and oxygen atoms in total. The molecule has 2 amide bonds. The van der Waals surface area contributed by atoms with Crippen LogP contribution >= 0.6 is 0 Å². The Morgan fingerprint density at radius 3 is 2.50 bits per heavy atom. The Kier molecular flexibility index (Phi) is 5.07. The second-order valence-electron chi connectivity index (χ2n) is 7.73. The molecule has 1 saturated heterocycles. The maximum atomic E-state index is 12.9. The molecule has 2 heterocycles. The number of aromatic nitrogens is 4. The number of anilines is 2. The van der Waals surface area contributed by atoms with E-state index in [0.29, 0.717) is 24.5 Å². The minimum atomic E-state index is -0.703. The summed E-state index contributed by atoms with van der Waals surface area (Å²) in [6.07, 6.45) is 0.489. The maximum absolute atomic E-state index is 12.9. The Hall–Kier alpha value is -3.55. The summed E-state index contributed by atoms with van der Waals surface area (Å²) in [5.74, 6) is -0.517. The molecule has 30 heavy (non-hydrogen) atoms. The van der Waals surface area contributed by atoms with Crippen molar-refractivity contribution in [3.8, 4) is 5.69 Å². The van der Waals surface area contributed by atoms with Crippen LogP contribution in [0.3, 0.4) is 0 Å². The highest BCUT2D eigenvalue weighted by molar-refractivity contribution is 6.13. The third kappa shape index (κ3) is 3.56. The lowest BCUT2D eigenvalue weighted by Crippen LogP contribution is -2.33. The van der Waals surface area contributed by atoms with E-state index in [1.165, 1.54) is 5.56 Å².